The van der Waals surface area contributed by atoms with Gasteiger partial charge in [-0.15, -0.1) is 0 Å². The van der Waals surface area contributed by atoms with Crippen molar-refractivity contribution in [3.8, 4) is 68.5 Å². The molecular weight excluding hydrogens is 1330 g/mol. The van der Waals surface area contributed by atoms with E-state index in [0.717, 1.165) is 187 Å². The molecule has 0 aliphatic carbocycles. The van der Waals surface area contributed by atoms with Crippen molar-refractivity contribution in [2.75, 3.05) is 26.4 Å². The molecule has 0 fully saturated rings. The van der Waals surface area contributed by atoms with Crippen molar-refractivity contribution in [2.45, 2.75) is 263 Å². The minimum atomic E-state index is -0.176. The minimum Gasteiger partial charge on any atom is -0.493 e. The highest BCUT2D eigenvalue weighted by atomic mass is 16.5. The SMILES string of the molecule is CCCCC(CC)COc1cc(C(C)(C)C)cc2cc3c(cc12)-c1nc2nc(nc4[nH]c(nc5[nH]c(nc-3n1)c1cc3c(OCC(CC)CCCC)cc(C(C)(C)C)cc3cc51)c1cc3c(OCC(CC)CCCC)cc(C(C)(C)C)cc3cc41)-c1cc3c(OCC(CC)CCCC)cc(C(C)(C)C)cc3cc1-2. The van der Waals surface area contributed by atoms with E-state index >= 15 is 0 Å². The Morgan fingerprint density at radius 1 is 0.269 bits per heavy atom. The van der Waals surface area contributed by atoms with E-state index in [0.29, 0.717) is 96.0 Å². The van der Waals surface area contributed by atoms with Gasteiger partial charge in [0.15, 0.2) is 23.3 Å². The van der Waals surface area contributed by atoms with Crippen molar-refractivity contribution in [3.63, 3.8) is 0 Å². The summed E-state index contributed by atoms with van der Waals surface area (Å²) in [6.45, 7) is 48.2. The summed E-state index contributed by atoms with van der Waals surface area (Å²) in [7, 11) is 0. The molecule has 0 spiro atoms. The first kappa shape index (κ1) is 77.5. The molecule has 2 aliphatic rings. The normalized spacial score (nSPS) is 14.0. The molecular formula is C96H122N8O4. The lowest BCUT2D eigenvalue weighted by molar-refractivity contribution is 0.235. The average Bonchev–Trinajstić information content (AvgIpc) is 1.57. The van der Waals surface area contributed by atoms with Crippen molar-refractivity contribution in [1.29, 1.82) is 0 Å². The summed E-state index contributed by atoms with van der Waals surface area (Å²) in [5.41, 5.74) is 10.00. The third-order valence-corrected chi connectivity index (χ3v) is 23.5. The number of aromatic nitrogens is 8. The Kier molecular flexibility index (Phi) is 22.8. The predicted octanol–water partition coefficient (Wildman–Crippen LogP) is 27.1. The zero-order valence-electron chi connectivity index (χ0n) is 69.0. The number of H-pyrrole nitrogens is 2. The second kappa shape index (κ2) is 31.8. The molecule has 12 heteroatoms. The molecule has 0 saturated heterocycles. The van der Waals surface area contributed by atoms with Crippen LogP contribution in [0.5, 0.6) is 23.0 Å². The standard InChI is InChI=1S/C96H122N8O4/c1-21-29-33-57(25-5)53-105-81-45-65(93(9,10)11)37-61-41-73-77(49-69(61)81)89-97-85(73)102-90-79-51-71-63(39-67(95(15,16)17)47-83(71)107-55-59(27-7)35-31-23-3)43-75(79)87(99-90)104-92-80-52-72-64(40-68(96(18,19)20)48-84(72)108-56-60(28-8)36-32-24-4)44-76(80)88(100-92)103-91-78-50-70-62(42-74(78)86(98-91)101-89)38-66(94(12,13)14)46-82(70)106-54-58(26-6)34-30-22-2/h37-52,57-60H,21-36,53-56H2,1-20H3,(H2,97,98,99,100,101,102,103,104). The van der Waals surface area contributed by atoms with Gasteiger partial charge in [0.05, 0.1) is 26.4 Å². The third kappa shape index (κ3) is 16.3. The molecule has 0 saturated carbocycles. The van der Waals surface area contributed by atoms with Crippen LogP contribution in [0.15, 0.2) is 97.1 Å². The number of ether oxygens (including phenoxy) is 4. The molecule has 570 valence electrons. The second-order valence-corrected chi connectivity index (χ2v) is 35.9. The van der Waals surface area contributed by atoms with Gasteiger partial charge in [-0.1, -0.05) is 240 Å². The molecule has 2 aliphatic heterocycles. The van der Waals surface area contributed by atoms with Crippen molar-refractivity contribution in [1.82, 2.24) is 39.9 Å². The summed E-state index contributed by atoms with van der Waals surface area (Å²) in [5.74, 6) is 7.24. The van der Waals surface area contributed by atoms with Crippen LogP contribution in [0.25, 0.3) is 133 Å². The van der Waals surface area contributed by atoms with Gasteiger partial charge in [-0.3, -0.25) is 0 Å². The number of hydrogen-bond donors (Lipinski definition) is 2. The van der Waals surface area contributed by atoms with E-state index in [2.05, 4.69) is 246 Å². The van der Waals surface area contributed by atoms with Gasteiger partial charge in [0.2, 0.25) is 0 Å². The van der Waals surface area contributed by atoms with Crippen LogP contribution in [0.1, 0.15) is 263 Å². The molecule has 0 amide bonds. The zero-order chi connectivity index (χ0) is 76.7. The maximum atomic E-state index is 7.13. The van der Waals surface area contributed by atoms with Gasteiger partial charge < -0.3 is 28.9 Å². The van der Waals surface area contributed by atoms with E-state index in [9.17, 15) is 0 Å². The lowest BCUT2D eigenvalue weighted by Gasteiger charge is -2.23. The van der Waals surface area contributed by atoms with E-state index in [1.54, 1.807) is 0 Å². The smallest absolute Gasteiger partial charge is 0.164 e. The van der Waals surface area contributed by atoms with Crippen LogP contribution in [0.2, 0.25) is 0 Å². The second-order valence-electron chi connectivity index (χ2n) is 35.9. The van der Waals surface area contributed by atoms with Gasteiger partial charge in [0.25, 0.3) is 0 Å². The number of fused-ring (bicyclic) bond motifs is 24. The van der Waals surface area contributed by atoms with Gasteiger partial charge in [-0.2, -0.15) is 0 Å². The molecule has 8 aromatic carbocycles. The monoisotopic (exact) mass is 1450 g/mol. The Bertz CT molecular complexity index is 5320. The molecule has 108 heavy (non-hydrogen) atoms. The highest BCUT2D eigenvalue weighted by molar-refractivity contribution is 6.15. The highest BCUT2D eigenvalue weighted by Crippen LogP contribution is 2.48. The zero-order valence-corrected chi connectivity index (χ0v) is 69.0. The van der Waals surface area contributed by atoms with Gasteiger partial charge in [-0.25, -0.2) is 29.9 Å². The maximum absolute atomic E-state index is 7.13. The fourth-order valence-corrected chi connectivity index (χ4v) is 15.7. The van der Waals surface area contributed by atoms with Gasteiger partial charge in [-0.05, 0) is 188 Å². The van der Waals surface area contributed by atoms with Crippen LogP contribution in [0.4, 0.5) is 0 Å². The molecule has 11 aromatic rings. The minimum absolute atomic E-state index is 0.170. The molecule has 2 N–H and O–H groups in total. The molecule has 12 nitrogen and oxygen atoms in total. The van der Waals surface area contributed by atoms with Crippen LogP contribution < -0.4 is 18.9 Å². The van der Waals surface area contributed by atoms with Crippen molar-refractivity contribution in [2.24, 2.45) is 23.7 Å². The number of hydrogen-bond acceptors (Lipinski definition) is 10. The van der Waals surface area contributed by atoms with Gasteiger partial charge >= 0.3 is 0 Å². The summed E-state index contributed by atoms with van der Waals surface area (Å²) in [6, 6.07) is 36.6. The number of benzene rings is 8. The summed E-state index contributed by atoms with van der Waals surface area (Å²) in [4.78, 5) is 42.3. The summed E-state index contributed by atoms with van der Waals surface area (Å²) in [6.07, 6.45) is 18.0. The van der Waals surface area contributed by atoms with Gasteiger partial charge in [0, 0.05) is 65.3 Å². The van der Waals surface area contributed by atoms with Crippen LogP contribution in [-0.2, 0) is 21.7 Å². The third-order valence-electron chi connectivity index (χ3n) is 23.5. The first-order valence-electron chi connectivity index (χ1n) is 41.4. The van der Waals surface area contributed by atoms with E-state index in [-0.39, 0.29) is 21.7 Å². The Labute approximate surface area is 643 Å². The average molecular weight is 1450 g/mol. The molecule has 0 radical (unpaired) electrons. The lowest BCUT2D eigenvalue weighted by atomic mass is 9.85. The number of nitrogens with zero attached hydrogens (tertiary/aromatic N) is 6. The Balaban J connectivity index is 1.17. The molecule has 13 rings (SSSR count). The molecule has 3 aromatic heterocycles. The maximum Gasteiger partial charge on any atom is 0.164 e. The first-order chi connectivity index (χ1) is 51.6. The molecule has 5 heterocycles. The van der Waals surface area contributed by atoms with Crippen LogP contribution in [-0.4, -0.2) is 66.3 Å². The van der Waals surface area contributed by atoms with E-state index in [1.807, 2.05) is 0 Å². The first-order valence-corrected chi connectivity index (χ1v) is 41.4. The van der Waals surface area contributed by atoms with Crippen LogP contribution in [0, 0.1) is 23.7 Å². The van der Waals surface area contributed by atoms with E-state index < -0.39 is 0 Å². The van der Waals surface area contributed by atoms with Crippen molar-refractivity contribution in [3.05, 3.63) is 119 Å². The number of rotatable bonds is 28. The van der Waals surface area contributed by atoms with E-state index in [1.165, 1.54) is 47.9 Å². The topological polar surface area (TPSA) is 146 Å². The summed E-state index contributed by atoms with van der Waals surface area (Å²) < 4.78 is 28.5. The number of aromatic amines is 2. The van der Waals surface area contributed by atoms with Crippen molar-refractivity contribution < 1.29 is 18.9 Å². The Morgan fingerprint density at radius 2 is 0.509 bits per heavy atom. The largest absolute Gasteiger partial charge is 0.493 e. The quantitative estimate of drug-likeness (QED) is 0.0486. The summed E-state index contributed by atoms with van der Waals surface area (Å²) in [5, 5.41) is 11.8. The fourth-order valence-electron chi connectivity index (χ4n) is 15.7. The van der Waals surface area contributed by atoms with E-state index in [4.69, 9.17) is 48.9 Å². The predicted molar refractivity (Wildman–Crippen MR) is 456 cm³/mol. The summed E-state index contributed by atoms with van der Waals surface area (Å²) >= 11 is 0. The van der Waals surface area contributed by atoms with Gasteiger partial charge in [0.1, 0.15) is 45.6 Å². The molecule has 4 unspecified atom stereocenters. The number of unbranched alkanes of at least 4 members (excludes halogenated alkanes) is 4. The highest BCUT2D eigenvalue weighted by Gasteiger charge is 2.31. The number of nitrogens with one attached hydrogen (secondary N) is 2. The lowest BCUT2D eigenvalue weighted by Crippen LogP contribution is -2.14. The van der Waals surface area contributed by atoms with Crippen LogP contribution in [0.3, 0.4) is 0 Å². The Hall–Kier alpha value is -8.64. The molecule has 8 bridgehead atoms. The van der Waals surface area contributed by atoms with Crippen LogP contribution >= 0.6 is 0 Å². The molecule has 4 atom stereocenters. The fraction of sp³-hybridized carbons (Fsp3) is 0.500. The Morgan fingerprint density at radius 3 is 0.778 bits per heavy atom. The van der Waals surface area contributed by atoms with Crippen molar-refractivity contribution >= 4 is 87.2 Å².